The van der Waals surface area contributed by atoms with Crippen molar-refractivity contribution in [3.05, 3.63) is 179 Å². The largest absolute Gasteiger partial charge is 0.480 e. The predicted octanol–water partition coefficient (Wildman–Crippen LogP) is 9.47. The Morgan fingerprint density at radius 1 is 0.540 bits per heavy atom. The maximum atomic E-state index is 12.2. The number of aromatic nitrogens is 2. The second-order valence-corrected chi connectivity index (χ2v) is 24.4. The number of nitrogens with two attached hydrogens (primary N) is 1. The van der Waals surface area contributed by atoms with E-state index in [2.05, 4.69) is 25.9 Å². The minimum Gasteiger partial charge on any atom is -0.480 e. The number of ether oxygens (including phenoxy) is 4. The summed E-state index contributed by atoms with van der Waals surface area (Å²) in [4.78, 5) is 109. The summed E-state index contributed by atoms with van der Waals surface area (Å²) in [7, 11) is 0. The molecular weight excluding hydrogens is 1290 g/mol. The number of nitrogens with one attached hydrogen (secondary N) is 3. The first-order valence-corrected chi connectivity index (χ1v) is 33.5. The summed E-state index contributed by atoms with van der Waals surface area (Å²) in [6.07, 6.45) is 10.2. The lowest BCUT2D eigenvalue weighted by Crippen LogP contribution is -2.49. The van der Waals surface area contributed by atoms with Crippen LogP contribution in [0.25, 0.3) is 0 Å². The number of aliphatic hydroxyl groups is 2. The van der Waals surface area contributed by atoms with Crippen LogP contribution in [-0.4, -0.2) is 176 Å². The van der Waals surface area contributed by atoms with Crippen LogP contribution < -0.4 is 21.7 Å². The highest BCUT2D eigenvalue weighted by atomic mass is 16.6. The fraction of sp³-hybridized carbons (Fsp3) is 0.479. The molecule has 5 aliphatic rings. The van der Waals surface area contributed by atoms with Crippen molar-refractivity contribution in [1.82, 2.24) is 45.5 Å². The summed E-state index contributed by atoms with van der Waals surface area (Å²) in [5.41, 5.74) is 10.5. The Kier molecular flexibility index (Phi) is 35.3. The lowest BCUT2D eigenvalue weighted by Gasteiger charge is -2.24. The standard InChI is InChI=1S/C16H22N2O4.C16H20N2O4.C16H18N2O3.C13H15NO4.C8H12N2O.C3H9NO.CH4/c2*1-12(10-19)17-15(20)14-8-5-9-18(14)16(21)22-11-13-6-3-2-4-7-13;1-12-10-20-15(17-12)14-8-5-9-18(14)16(19)21-11-13-6-3-2-4-7-13;15-12(16)11-7-4-8-14(11)13(17)18-9-10-5-2-1-3-6-10;1-6-5-11-8(10-6)7-3-2-4-9-7;1-3(4)2-5;/h2-4,6-7,12,14,19H,5,8-11H2,1H3,(H,17,20);2-4,6-7,10,12,14H,5,8-9,11H2,1H3,(H,17,20);2-4,6-7,10,14H,5,8-9,11H2,1H3;1-3,5-6,11H,4,7-9H2,(H,15,16);5,7,9H,2-4H2,1H3;3,5H,2,4H2,1H3;1H4/t2*12?,14-;14-;11-;7-;;/m00000../s1. The van der Waals surface area contributed by atoms with Crippen LogP contribution in [-0.2, 0) is 64.6 Å². The normalized spacial score (nSPS) is 18.8. The van der Waals surface area contributed by atoms with Crippen LogP contribution >= 0.6 is 0 Å². The van der Waals surface area contributed by atoms with Crippen LogP contribution in [0.2, 0.25) is 0 Å². The van der Waals surface area contributed by atoms with Crippen molar-refractivity contribution >= 4 is 48.4 Å². The molecule has 5 aliphatic heterocycles. The molecule has 27 heteroatoms. The summed E-state index contributed by atoms with van der Waals surface area (Å²) in [5.74, 6) is -0.0738. The van der Waals surface area contributed by atoms with Gasteiger partial charge in [-0.3, -0.25) is 29.2 Å². The molecule has 5 saturated heterocycles. The Morgan fingerprint density at radius 3 is 1.25 bits per heavy atom. The molecule has 0 aliphatic carbocycles. The highest BCUT2D eigenvalue weighted by Crippen LogP contribution is 2.32. The quantitative estimate of drug-likeness (QED) is 0.0311. The second kappa shape index (κ2) is 43.6. The zero-order valence-corrected chi connectivity index (χ0v) is 57.1. The minimum absolute atomic E-state index is 0. The number of aryl methyl sites for hydroxylation is 2. The van der Waals surface area contributed by atoms with Gasteiger partial charge in [-0.15, -0.1) is 0 Å². The van der Waals surface area contributed by atoms with E-state index in [-0.39, 0.29) is 83.1 Å². The molecule has 2 aromatic heterocycles. The molecule has 27 nitrogen and oxygen atoms in total. The molecule has 3 unspecified atom stereocenters. The number of hydrogen-bond acceptors (Lipinski definition) is 20. The number of rotatable bonds is 18. The Hall–Kier alpha value is -9.70. The summed E-state index contributed by atoms with van der Waals surface area (Å²) in [6, 6.07) is 35.2. The van der Waals surface area contributed by atoms with Crippen LogP contribution in [0.15, 0.2) is 143 Å². The van der Waals surface area contributed by atoms with Gasteiger partial charge >= 0.3 is 30.3 Å². The molecule has 11 rings (SSSR count). The monoisotopic (exact) mass is 1390 g/mol. The number of amides is 6. The third kappa shape index (κ3) is 27.2. The Bertz CT molecular complexity index is 3390. The average Bonchev–Trinajstić information content (AvgIpc) is 1.70. The summed E-state index contributed by atoms with van der Waals surface area (Å²) in [6.45, 7) is 12.9. The van der Waals surface area contributed by atoms with Crippen molar-refractivity contribution in [2.45, 2.75) is 181 Å². The maximum Gasteiger partial charge on any atom is 0.410 e. The first-order valence-electron chi connectivity index (χ1n) is 33.5. The zero-order chi connectivity index (χ0) is 71.5. The molecular formula is C73H100N10O17. The lowest BCUT2D eigenvalue weighted by molar-refractivity contribution is -0.141. The van der Waals surface area contributed by atoms with E-state index in [9.17, 15) is 38.4 Å². The zero-order valence-electron chi connectivity index (χ0n) is 57.1. The minimum atomic E-state index is -0.968. The molecule has 544 valence electrons. The molecule has 0 bridgehead atoms. The van der Waals surface area contributed by atoms with E-state index in [1.165, 1.54) is 21.1 Å². The topological polar surface area (TPSA) is 361 Å². The van der Waals surface area contributed by atoms with Gasteiger partial charge in [-0.25, -0.2) is 33.9 Å². The van der Waals surface area contributed by atoms with Crippen molar-refractivity contribution in [3.63, 3.8) is 0 Å². The van der Waals surface area contributed by atoms with Gasteiger partial charge < -0.3 is 69.6 Å². The summed E-state index contributed by atoms with van der Waals surface area (Å²) < 4.78 is 31.8. The highest BCUT2D eigenvalue weighted by molar-refractivity contribution is 5.88. The number of carboxylic acid groups (broad SMARTS) is 1. The van der Waals surface area contributed by atoms with Crippen molar-refractivity contribution < 1.29 is 81.5 Å². The maximum absolute atomic E-state index is 12.2. The molecule has 4 aromatic carbocycles. The smallest absolute Gasteiger partial charge is 0.410 e. The van der Waals surface area contributed by atoms with Crippen molar-refractivity contribution in [2.24, 2.45) is 5.73 Å². The first-order chi connectivity index (χ1) is 47.8. The van der Waals surface area contributed by atoms with Crippen molar-refractivity contribution in [3.8, 4) is 0 Å². The SMILES string of the molecule is C.CC(C=O)NC(=O)[C@@H]1CCCN1C(=O)OCc1ccccc1.CC(CO)NC(=O)[C@@H]1CCCN1C(=O)OCc1ccccc1.CC(N)CO.Cc1coc([C@@H]2CCCN2)n1.Cc1coc([C@@H]2CCCN2C(=O)OCc2ccccc2)n1.O=C(O)[C@@H]1CCCN1C(=O)OCc1ccccc1. The van der Waals surface area contributed by atoms with E-state index >= 15 is 0 Å². The van der Waals surface area contributed by atoms with Gasteiger partial charge in [0.1, 0.15) is 69.4 Å². The van der Waals surface area contributed by atoms with E-state index in [0.29, 0.717) is 70.1 Å². The number of hydrogen-bond donors (Lipinski definition) is 7. The Labute approximate surface area is 585 Å². The molecule has 0 saturated carbocycles. The van der Waals surface area contributed by atoms with Crippen LogP contribution in [0.4, 0.5) is 19.2 Å². The fourth-order valence-corrected chi connectivity index (χ4v) is 10.9. The summed E-state index contributed by atoms with van der Waals surface area (Å²) in [5, 5.41) is 34.6. The average molecular weight is 1390 g/mol. The molecule has 8 atom stereocenters. The van der Waals surface area contributed by atoms with Gasteiger partial charge in [0.2, 0.25) is 23.6 Å². The van der Waals surface area contributed by atoms with Gasteiger partial charge in [0, 0.05) is 38.3 Å². The molecule has 6 amide bonds. The Balaban J connectivity index is 0.000000224. The van der Waals surface area contributed by atoms with Gasteiger partial charge in [-0.2, -0.15) is 0 Å². The van der Waals surface area contributed by atoms with Crippen LogP contribution in [0.1, 0.15) is 150 Å². The van der Waals surface area contributed by atoms with E-state index in [1.807, 2.05) is 135 Å². The van der Waals surface area contributed by atoms with Crippen LogP contribution in [0, 0.1) is 13.8 Å². The van der Waals surface area contributed by atoms with Gasteiger partial charge in [0.15, 0.2) is 0 Å². The van der Waals surface area contributed by atoms with Gasteiger partial charge in [0.25, 0.3) is 0 Å². The molecule has 8 N–H and O–H groups in total. The predicted molar refractivity (Wildman–Crippen MR) is 370 cm³/mol. The number of benzene rings is 4. The van der Waals surface area contributed by atoms with E-state index in [0.717, 1.165) is 78.2 Å². The molecule has 7 heterocycles. The third-order valence-electron chi connectivity index (χ3n) is 16.1. The number of carbonyl (C=O) groups excluding carboxylic acids is 7. The number of aliphatic carboxylic acids is 1. The number of carboxylic acids is 1. The number of likely N-dealkylation sites (tertiary alicyclic amines) is 4. The molecule has 100 heavy (non-hydrogen) atoms. The van der Waals surface area contributed by atoms with E-state index < -0.39 is 48.4 Å². The molecule has 5 fully saturated rings. The fourth-order valence-electron chi connectivity index (χ4n) is 10.9. The van der Waals surface area contributed by atoms with E-state index in [4.69, 9.17) is 48.8 Å². The van der Waals surface area contributed by atoms with Gasteiger partial charge in [-0.1, -0.05) is 129 Å². The second-order valence-electron chi connectivity index (χ2n) is 24.4. The number of oxazole rings is 2. The molecule has 6 aromatic rings. The molecule has 0 radical (unpaired) electrons. The number of aliphatic hydroxyl groups excluding tert-OH is 2. The van der Waals surface area contributed by atoms with Gasteiger partial charge in [0.05, 0.1) is 36.7 Å². The summed E-state index contributed by atoms with van der Waals surface area (Å²) >= 11 is 0. The first kappa shape index (κ1) is 81.0. The van der Waals surface area contributed by atoms with Crippen LogP contribution in [0.5, 0.6) is 0 Å². The molecule has 0 spiro atoms. The lowest BCUT2D eigenvalue weighted by atomic mass is 10.2. The number of nitrogens with zero attached hydrogens (tertiary/aromatic N) is 6. The third-order valence-corrected chi connectivity index (χ3v) is 16.1. The van der Waals surface area contributed by atoms with Gasteiger partial charge in [-0.05, 0) is 128 Å². The number of aldehydes is 1. The van der Waals surface area contributed by atoms with Crippen molar-refractivity contribution in [2.75, 3.05) is 45.9 Å². The Morgan fingerprint density at radius 2 is 0.900 bits per heavy atom. The van der Waals surface area contributed by atoms with E-state index in [1.54, 1.807) is 38.2 Å². The highest BCUT2D eigenvalue weighted by Gasteiger charge is 2.38. The van der Waals surface area contributed by atoms with Crippen LogP contribution in [0.3, 0.4) is 0 Å². The van der Waals surface area contributed by atoms with Crippen molar-refractivity contribution in [1.29, 1.82) is 0 Å². The number of carbonyl (C=O) groups is 8.